The average molecular weight is 419 g/mol. The van der Waals surface area contributed by atoms with Crippen molar-refractivity contribution < 1.29 is 0 Å². The van der Waals surface area contributed by atoms with E-state index in [-0.39, 0.29) is 0 Å². The van der Waals surface area contributed by atoms with Gasteiger partial charge in [-0.2, -0.15) is 0 Å². The van der Waals surface area contributed by atoms with E-state index in [2.05, 4.69) is 26.3 Å². The second-order valence-corrected chi connectivity index (χ2v) is 7.89. The van der Waals surface area contributed by atoms with Crippen molar-refractivity contribution in [3.8, 4) is 22.8 Å². The van der Waals surface area contributed by atoms with Gasteiger partial charge in [-0.25, -0.2) is 9.97 Å². The maximum atomic E-state index is 8.50. The summed E-state index contributed by atoms with van der Waals surface area (Å²) in [6.07, 6.45) is 1.01. The van der Waals surface area contributed by atoms with E-state index in [1.807, 2.05) is 60.7 Å². The molecule has 3 heterocycles. The summed E-state index contributed by atoms with van der Waals surface area (Å²) in [4.78, 5) is 20.7. The lowest BCUT2D eigenvalue weighted by molar-refractivity contribution is 0.747. The van der Waals surface area contributed by atoms with Crippen LogP contribution in [0, 0.1) is 5.41 Å². The largest absolute Gasteiger partial charge is 0.369 e. The van der Waals surface area contributed by atoms with Crippen LogP contribution in [0.25, 0.3) is 44.8 Å². The van der Waals surface area contributed by atoms with Crippen LogP contribution in [-0.4, -0.2) is 44.6 Å². The topological polar surface area (TPSA) is 106 Å². The Balaban J connectivity index is 1.35. The molecule has 7 heteroatoms. The summed E-state index contributed by atoms with van der Waals surface area (Å²) in [6, 6.07) is 22.0. The zero-order valence-corrected chi connectivity index (χ0v) is 17.3. The van der Waals surface area contributed by atoms with E-state index in [4.69, 9.17) is 15.4 Å². The molecule has 7 nitrogen and oxygen atoms in total. The fourth-order valence-electron chi connectivity index (χ4n) is 4.03. The van der Waals surface area contributed by atoms with Crippen LogP contribution in [0.5, 0.6) is 0 Å². The van der Waals surface area contributed by atoms with Crippen LogP contribution in [0.2, 0.25) is 0 Å². The van der Waals surface area contributed by atoms with Gasteiger partial charge in [0.2, 0.25) is 0 Å². The summed E-state index contributed by atoms with van der Waals surface area (Å²) in [6.45, 7) is 1.63. The third-order valence-corrected chi connectivity index (χ3v) is 5.71. The molecule has 1 aliphatic rings. The number of nitrogens with zero attached hydrogens (tertiary/aromatic N) is 3. The van der Waals surface area contributed by atoms with E-state index >= 15 is 0 Å². The highest BCUT2D eigenvalue weighted by Gasteiger charge is 2.14. The molecule has 32 heavy (non-hydrogen) atoms. The molecular formula is C25H21N7. The number of benzene rings is 3. The van der Waals surface area contributed by atoms with Crippen molar-refractivity contribution in [3.63, 3.8) is 0 Å². The quantitative estimate of drug-likeness (QED) is 0.322. The first kappa shape index (κ1) is 18.5. The fourth-order valence-corrected chi connectivity index (χ4v) is 4.03. The number of rotatable bonds is 4. The van der Waals surface area contributed by atoms with Crippen molar-refractivity contribution >= 4 is 33.6 Å². The number of imidazole rings is 2. The van der Waals surface area contributed by atoms with Crippen LogP contribution >= 0.6 is 0 Å². The fraction of sp³-hybridized carbons (Fsp3) is 0.120. The Bertz CT molecular complexity index is 1490. The van der Waals surface area contributed by atoms with E-state index in [0.29, 0.717) is 11.5 Å². The van der Waals surface area contributed by atoms with Crippen LogP contribution in [-0.2, 0) is 0 Å². The van der Waals surface area contributed by atoms with Crippen molar-refractivity contribution in [1.82, 2.24) is 25.3 Å². The van der Waals surface area contributed by atoms with Crippen LogP contribution in [0.15, 0.2) is 71.7 Å². The number of fused-ring (bicyclic) bond motifs is 2. The lowest BCUT2D eigenvalue weighted by Gasteiger charge is -2.15. The Hall–Kier alpha value is -4.26. The van der Waals surface area contributed by atoms with Gasteiger partial charge >= 0.3 is 0 Å². The summed E-state index contributed by atoms with van der Waals surface area (Å²) in [5, 5.41) is 11.7. The molecule has 0 aliphatic carbocycles. The van der Waals surface area contributed by atoms with E-state index in [0.717, 1.165) is 69.9 Å². The molecule has 3 aromatic carbocycles. The SMILES string of the molecule is N=C(C1=NCCCN1)c1ccc2nc(-c3ccc4nc(-c5ccccc5)[nH]c4c3)[nH]c2c1. The smallest absolute Gasteiger partial charge is 0.147 e. The molecule has 6 rings (SSSR count). The zero-order valence-electron chi connectivity index (χ0n) is 17.3. The van der Waals surface area contributed by atoms with E-state index in [1.165, 1.54) is 0 Å². The first-order valence-electron chi connectivity index (χ1n) is 10.7. The maximum Gasteiger partial charge on any atom is 0.147 e. The Labute approximate surface area is 184 Å². The molecule has 156 valence electrons. The van der Waals surface area contributed by atoms with Crippen molar-refractivity contribution in [2.75, 3.05) is 13.1 Å². The summed E-state index contributed by atoms with van der Waals surface area (Å²) in [5.74, 6) is 2.30. The molecule has 0 amide bonds. The van der Waals surface area contributed by atoms with Crippen molar-refractivity contribution in [3.05, 3.63) is 72.3 Å². The zero-order chi connectivity index (χ0) is 21.5. The average Bonchev–Trinajstić information content (AvgIpc) is 3.48. The molecule has 0 radical (unpaired) electrons. The van der Waals surface area contributed by atoms with E-state index in [1.54, 1.807) is 0 Å². The van der Waals surface area contributed by atoms with Crippen molar-refractivity contribution in [1.29, 1.82) is 5.41 Å². The highest BCUT2D eigenvalue weighted by molar-refractivity contribution is 6.46. The van der Waals surface area contributed by atoms with Gasteiger partial charge in [-0.05, 0) is 36.8 Å². The van der Waals surface area contributed by atoms with E-state index < -0.39 is 0 Å². The first-order valence-corrected chi connectivity index (χ1v) is 10.7. The van der Waals surface area contributed by atoms with Crippen molar-refractivity contribution in [2.45, 2.75) is 6.42 Å². The molecule has 1 aliphatic heterocycles. The molecule has 0 atom stereocenters. The van der Waals surface area contributed by atoms with Gasteiger partial charge in [0, 0.05) is 29.8 Å². The van der Waals surface area contributed by atoms with Crippen LogP contribution in [0.4, 0.5) is 0 Å². The highest BCUT2D eigenvalue weighted by atomic mass is 15.0. The van der Waals surface area contributed by atoms with Gasteiger partial charge in [-0.1, -0.05) is 36.4 Å². The van der Waals surface area contributed by atoms with Gasteiger partial charge in [0.15, 0.2) is 0 Å². The molecule has 4 N–H and O–H groups in total. The number of aliphatic imine (C=N–C) groups is 1. The predicted octanol–water partition coefficient (Wildman–Crippen LogP) is 4.53. The maximum absolute atomic E-state index is 8.50. The summed E-state index contributed by atoms with van der Waals surface area (Å²) >= 11 is 0. The highest BCUT2D eigenvalue weighted by Crippen LogP contribution is 2.26. The van der Waals surface area contributed by atoms with Crippen LogP contribution < -0.4 is 5.32 Å². The molecular weight excluding hydrogens is 398 g/mol. The Kier molecular flexibility index (Phi) is 4.31. The molecule has 0 spiro atoms. The third-order valence-electron chi connectivity index (χ3n) is 5.71. The molecule has 0 saturated heterocycles. The number of H-pyrrole nitrogens is 2. The van der Waals surface area contributed by atoms with Crippen molar-refractivity contribution in [2.24, 2.45) is 4.99 Å². The van der Waals surface area contributed by atoms with Gasteiger partial charge in [0.05, 0.1) is 22.1 Å². The number of nitrogens with one attached hydrogen (secondary N) is 4. The predicted molar refractivity (Wildman–Crippen MR) is 128 cm³/mol. The normalized spacial score (nSPS) is 13.8. The van der Waals surface area contributed by atoms with Crippen LogP contribution in [0.1, 0.15) is 12.0 Å². The molecule has 5 aromatic rings. The lowest BCUT2D eigenvalue weighted by Crippen LogP contribution is -2.35. The first-order chi connectivity index (χ1) is 15.7. The number of amidine groups is 1. The second kappa shape index (κ2) is 7.46. The number of hydrogen-bond donors (Lipinski definition) is 4. The Morgan fingerprint density at radius 2 is 1.50 bits per heavy atom. The summed E-state index contributed by atoms with van der Waals surface area (Å²) in [7, 11) is 0. The van der Waals surface area contributed by atoms with Crippen LogP contribution in [0.3, 0.4) is 0 Å². The number of aromatic nitrogens is 4. The number of aromatic amines is 2. The van der Waals surface area contributed by atoms with Gasteiger partial charge in [-0.3, -0.25) is 10.4 Å². The lowest BCUT2D eigenvalue weighted by atomic mass is 10.1. The van der Waals surface area contributed by atoms with E-state index in [9.17, 15) is 0 Å². The van der Waals surface area contributed by atoms with Gasteiger partial charge in [0.25, 0.3) is 0 Å². The minimum atomic E-state index is 0.412. The molecule has 2 aromatic heterocycles. The molecule has 0 unspecified atom stereocenters. The van der Waals surface area contributed by atoms with Gasteiger partial charge in [0.1, 0.15) is 23.2 Å². The van der Waals surface area contributed by atoms with Gasteiger partial charge < -0.3 is 15.3 Å². The number of hydrogen-bond acceptors (Lipinski definition) is 5. The molecule has 0 saturated carbocycles. The second-order valence-electron chi connectivity index (χ2n) is 7.89. The summed E-state index contributed by atoms with van der Waals surface area (Å²) < 4.78 is 0. The Morgan fingerprint density at radius 3 is 2.25 bits per heavy atom. The van der Waals surface area contributed by atoms with Gasteiger partial charge in [-0.15, -0.1) is 0 Å². The third kappa shape index (κ3) is 3.24. The molecule has 0 fully saturated rings. The molecule has 0 bridgehead atoms. The minimum absolute atomic E-state index is 0.412. The monoisotopic (exact) mass is 419 g/mol. The standard InChI is InChI=1S/C25H21N7/c26-22(25-27-11-4-12-28-25)16-7-9-18-20(13-16)32-24(30-18)17-8-10-19-21(14-17)31-23(29-19)15-5-2-1-3-6-15/h1-3,5-10,13-14,26H,4,11-12H2,(H,27,28)(H,29,31)(H,30,32). The summed E-state index contributed by atoms with van der Waals surface area (Å²) in [5.41, 5.74) is 6.91. The minimum Gasteiger partial charge on any atom is -0.369 e. The Morgan fingerprint density at radius 1 is 0.781 bits per heavy atom.